The van der Waals surface area contributed by atoms with E-state index in [0.717, 1.165) is 18.5 Å². The summed E-state index contributed by atoms with van der Waals surface area (Å²) in [6.07, 6.45) is 4.81. The van der Waals surface area contributed by atoms with Gasteiger partial charge in [0.2, 0.25) is 5.95 Å². The molecule has 0 aliphatic heterocycles. The van der Waals surface area contributed by atoms with Crippen LogP contribution in [0.5, 0.6) is 0 Å². The molecule has 1 saturated carbocycles. The lowest BCUT2D eigenvalue weighted by molar-refractivity contribution is 0.229. The first-order chi connectivity index (χ1) is 8.48. The number of nitrogens with one attached hydrogen (secondary N) is 1. The van der Waals surface area contributed by atoms with Gasteiger partial charge in [-0.3, -0.25) is 0 Å². The van der Waals surface area contributed by atoms with Gasteiger partial charge in [0, 0.05) is 11.7 Å². The highest BCUT2D eigenvalue weighted by atomic mass is 15.1. The maximum absolute atomic E-state index is 8.91. The van der Waals surface area contributed by atoms with Gasteiger partial charge in [0.05, 0.1) is 0 Å². The first-order valence-electron chi connectivity index (χ1n) is 6.51. The van der Waals surface area contributed by atoms with Crippen LogP contribution in [0.15, 0.2) is 6.07 Å². The van der Waals surface area contributed by atoms with Gasteiger partial charge >= 0.3 is 0 Å². The zero-order chi connectivity index (χ0) is 13.2. The standard InChI is InChI=1S/C14H20N4/c1-10-7-12(9-15)18-13(16-10)17-11-5-4-6-14(2,3)8-11/h7,11H,4-6,8H2,1-3H3,(H,16,17,18). The van der Waals surface area contributed by atoms with Crippen molar-refractivity contribution < 1.29 is 0 Å². The van der Waals surface area contributed by atoms with Crippen LogP contribution in [-0.4, -0.2) is 16.0 Å². The van der Waals surface area contributed by atoms with Gasteiger partial charge in [0.25, 0.3) is 0 Å². The molecule has 1 heterocycles. The second-order valence-electron chi connectivity index (χ2n) is 5.93. The van der Waals surface area contributed by atoms with Crippen LogP contribution in [-0.2, 0) is 0 Å². The monoisotopic (exact) mass is 244 g/mol. The van der Waals surface area contributed by atoms with Crippen molar-refractivity contribution in [3.63, 3.8) is 0 Å². The zero-order valence-corrected chi connectivity index (χ0v) is 11.3. The van der Waals surface area contributed by atoms with Gasteiger partial charge in [0.1, 0.15) is 11.8 Å². The predicted octanol–water partition coefficient (Wildman–Crippen LogP) is 3.04. The van der Waals surface area contributed by atoms with E-state index in [2.05, 4.69) is 35.2 Å². The van der Waals surface area contributed by atoms with Gasteiger partial charge < -0.3 is 5.32 Å². The third-order valence-corrected chi connectivity index (χ3v) is 3.51. The first-order valence-corrected chi connectivity index (χ1v) is 6.51. The number of aryl methyl sites for hydroxylation is 1. The van der Waals surface area contributed by atoms with E-state index in [1.807, 2.05) is 6.92 Å². The average Bonchev–Trinajstić information content (AvgIpc) is 2.26. The van der Waals surface area contributed by atoms with E-state index in [1.54, 1.807) is 6.07 Å². The molecule has 0 saturated heterocycles. The van der Waals surface area contributed by atoms with E-state index in [-0.39, 0.29) is 0 Å². The second kappa shape index (κ2) is 4.93. The van der Waals surface area contributed by atoms with Crippen LogP contribution in [0, 0.1) is 23.7 Å². The molecule has 1 atom stereocenters. The molecule has 1 aliphatic carbocycles. The molecule has 0 amide bonds. The molecule has 0 aromatic carbocycles. The normalized spacial score (nSPS) is 22.2. The van der Waals surface area contributed by atoms with Gasteiger partial charge in [-0.2, -0.15) is 5.26 Å². The highest BCUT2D eigenvalue weighted by Crippen LogP contribution is 2.35. The smallest absolute Gasteiger partial charge is 0.224 e. The molecule has 0 bridgehead atoms. The van der Waals surface area contributed by atoms with Crippen molar-refractivity contribution in [2.45, 2.75) is 52.5 Å². The third-order valence-electron chi connectivity index (χ3n) is 3.51. The number of hydrogen-bond acceptors (Lipinski definition) is 4. The number of hydrogen-bond donors (Lipinski definition) is 1. The molecular weight excluding hydrogens is 224 g/mol. The molecule has 1 unspecified atom stereocenters. The molecular formula is C14H20N4. The van der Waals surface area contributed by atoms with Crippen molar-refractivity contribution in [1.82, 2.24) is 9.97 Å². The van der Waals surface area contributed by atoms with Crippen molar-refractivity contribution in [2.75, 3.05) is 5.32 Å². The van der Waals surface area contributed by atoms with Crippen LogP contribution >= 0.6 is 0 Å². The summed E-state index contributed by atoms with van der Waals surface area (Å²) in [5.41, 5.74) is 1.65. The van der Waals surface area contributed by atoms with Crippen LogP contribution in [0.25, 0.3) is 0 Å². The molecule has 1 aromatic rings. The second-order valence-corrected chi connectivity index (χ2v) is 5.93. The minimum absolute atomic E-state index is 0.387. The molecule has 4 heteroatoms. The van der Waals surface area contributed by atoms with Crippen molar-refractivity contribution in [3.05, 3.63) is 17.5 Å². The molecule has 0 spiro atoms. The Morgan fingerprint density at radius 1 is 1.44 bits per heavy atom. The summed E-state index contributed by atoms with van der Waals surface area (Å²) in [7, 11) is 0. The zero-order valence-electron chi connectivity index (χ0n) is 11.3. The largest absolute Gasteiger partial charge is 0.351 e. The Morgan fingerprint density at radius 3 is 2.89 bits per heavy atom. The van der Waals surface area contributed by atoms with E-state index in [1.165, 1.54) is 12.8 Å². The molecule has 2 rings (SSSR count). The van der Waals surface area contributed by atoms with Gasteiger partial charge in [-0.05, 0) is 37.7 Å². The van der Waals surface area contributed by atoms with Gasteiger partial charge in [-0.25, -0.2) is 9.97 Å². The van der Waals surface area contributed by atoms with Crippen LogP contribution in [0.1, 0.15) is 50.9 Å². The Morgan fingerprint density at radius 2 is 2.22 bits per heavy atom. The van der Waals surface area contributed by atoms with Crippen molar-refractivity contribution in [1.29, 1.82) is 5.26 Å². The number of anilines is 1. The summed E-state index contributed by atoms with van der Waals surface area (Å²) in [5, 5.41) is 12.3. The SMILES string of the molecule is Cc1cc(C#N)nc(NC2CCCC(C)(C)C2)n1. The minimum atomic E-state index is 0.387. The molecule has 1 fully saturated rings. The highest BCUT2D eigenvalue weighted by Gasteiger charge is 2.28. The summed E-state index contributed by atoms with van der Waals surface area (Å²) in [6, 6.07) is 4.19. The van der Waals surface area contributed by atoms with Gasteiger partial charge in [-0.15, -0.1) is 0 Å². The van der Waals surface area contributed by atoms with Crippen LogP contribution in [0.3, 0.4) is 0 Å². The summed E-state index contributed by atoms with van der Waals surface area (Å²) in [4.78, 5) is 8.56. The minimum Gasteiger partial charge on any atom is -0.351 e. The summed E-state index contributed by atoms with van der Waals surface area (Å²) in [5.74, 6) is 0.592. The Bertz CT molecular complexity index is 473. The van der Waals surface area contributed by atoms with E-state index >= 15 is 0 Å². The quantitative estimate of drug-likeness (QED) is 0.868. The lowest BCUT2D eigenvalue weighted by Gasteiger charge is -2.35. The average molecular weight is 244 g/mol. The van der Waals surface area contributed by atoms with Gasteiger partial charge in [-0.1, -0.05) is 20.3 Å². The van der Waals surface area contributed by atoms with Crippen LogP contribution in [0.4, 0.5) is 5.95 Å². The van der Waals surface area contributed by atoms with Crippen molar-refractivity contribution >= 4 is 5.95 Å². The molecule has 1 aliphatic rings. The van der Waals surface area contributed by atoms with Crippen LogP contribution < -0.4 is 5.32 Å². The van der Waals surface area contributed by atoms with Crippen molar-refractivity contribution in [3.8, 4) is 6.07 Å². The lowest BCUT2D eigenvalue weighted by atomic mass is 9.75. The predicted molar refractivity (Wildman–Crippen MR) is 71.1 cm³/mol. The number of aromatic nitrogens is 2. The lowest BCUT2D eigenvalue weighted by Crippen LogP contribution is -2.32. The maximum atomic E-state index is 8.91. The number of nitriles is 1. The fourth-order valence-electron chi connectivity index (χ4n) is 2.69. The van der Waals surface area contributed by atoms with Crippen molar-refractivity contribution in [2.24, 2.45) is 5.41 Å². The number of rotatable bonds is 2. The van der Waals surface area contributed by atoms with Gasteiger partial charge in [0.15, 0.2) is 0 Å². The van der Waals surface area contributed by atoms with Crippen LogP contribution in [0.2, 0.25) is 0 Å². The molecule has 0 radical (unpaired) electrons. The third kappa shape index (κ3) is 3.19. The Labute approximate surface area is 108 Å². The van der Waals surface area contributed by atoms with E-state index in [9.17, 15) is 0 Å². The molecule has 18 heavy (non-hydrogen) atoms. The highest BCUT2D eigenvalue weighted by molar-refractivity contribution is 5.34. The summed E-state index contributed by atoms with van der Waals surface area (Å²) in [6.45, 7) is 6.50. The summed E-state index contributed by atoms with van der Waals surface area (Å²) >= 11 is 0. The van der Waals surface area contributed by atoms with E-state index in [4.69, 9.17) is 5.26 Å². The molecule has 96 valence electrons. The molecule has 4 nitrogen and oxygen atoms in total. The Kier molecular flexibility index (Phi) is 3.51. The van der Waals surface area contributed by atoms with E-state index < -0.39 is 0 Å². The Balaban J connectivity index is 2.10. The fraction of sp³-hybridized carbons (Fsp3) is 0.643. The molecule has 1 aromatic heterocycles. The summed E-state index contributed by atoms with van der Waals surface area (Å²) < 4.78 is 0. The first kappa shape index (κ1) is 12.8. The van der Waals surface area contributed by atoms with E-state index in [0.29, 0.717) is 23.1 Å². The molecule has 1 N–H and O–H groups in total. The topological polar surface area (TPSA) is 61.6 Å². The number of nitrogens with zero attached hydrogens (tertiary/aromatic N) is 3. The fourth-order valence-corrected chi connectivity index (χ4v) is 2.69. The Hall–Kier alpha value is -1.63. The maximum Gasteiger partial charge on any atom is 0.224 e.